The number of halogens is 2. The highest BCUT2D eigenvalue weighted by Gasteiger charge is 2.13. The quantitative estimate of drug-likeness (QED) is 0.542. The van der Waals surface area contributed by atoms with E-state index in [0.29, 0.717) is 6.61 Å². The molecular weight excluding hydrogens is 271 g/mol. The van der Waals surface area contributed by atoms with Crippen LogP contribution in [0.4, 0.5) is 4.39 Å². The number of alkyl halides is 1. The molecule has 0 saturated heterocycles. The largest absolute Gasteiger partial charge is 0.381 e. The standard InChI is InChI=1S/C13H18BrFO/c1-2-8-16-9-7-11(10-14)12-5-3-4-6-13(12)15/h3-6,11H,2,7-10H2,1H3. The van der Waals surface area contributed by atoms with E-state index in [2.05, 4.69) is 22.9 Å². The summed E-state index contributed by atoms with van der Waals surface area (Å²) < 4.78 is 19.0. The summed E-state index contributed by atoms with van der Waals surface area (Å²) in [6.07, 6.45) is 1.88. The fraction of sp³-hybridized carbons (Fsp3) is 0.538. The molecule has 0 aliphatic heterocycles. The van der Waals surface area contributed by atoms with Crippen molar-refractivity contribution < 1.29 is 9.13 Å². The summed E-state index contributed by atoms with van der Waals surface area (Å²) in [5.74, 6) is 0.0699. The number of hydrogen-bond acceptors (Lipinski definition) is 1. The Morgan fingerprint density at radius 3 is 2.69 bits per heavy atom. The molecule has 0 bridgehead atoms. The van der Waals surface area contributed by atoms with Gasteiger partial charge in [0.1, 0.15) is 5.82 Å². The monoisotopic (exact) mass is 288 g/mol. The van der Waals surface area contributed by atoms with Gasteiger partial charge in [-0.3, -0.25) is 0 Å². The minimum absolute atomic E-state index is 0.123. The summed E-state index contributed by atoms with van der Waals surface area (Å²) in [5, 5.41) is 0.767. The smallest absolute Gasteiger partial charge is 0.126 e. The molecule has 0 N–H and O–H groups in total. The van der Waals surface area contributed by atoms with Gasteiger partial charge < -0.3 is 4.74 Å². The van der Waals surface area contributed by atoms with Gasteiger partial charge in [-0.2, -0.15) is 0 Å². The molecule has 0 aromatic heterocycles. The van der Waals surface area contributed by atoms with Crippen molar-refractivity contribution in [3.8, 4) is 0 Å². The highest BCUT2D eigenvalue weighted by Crippen LogP contribution is 2.24. The number of benzene rings is 1. The van der Waals surface area contributed by atoms with Gasteiger partial charge in [0, 0.05) is 18.5 Å². The Balaban J connectivity index is 2.51. The van der Waals surface area contributed by atoms with Crippen LogP contribution in [0, 0.1) is 5.82 Å². The lowest BCUT2D eigenvalue weighted by Gasteiger charge is -2.15. The molecule has 0 heterocycles. The molecule has 0 aliphatic carbocycles. The zero-order valence-electron chi connectivity index (χ0n) is 9.59. The SMILES string of the molecule is CCCOCCC(CBr)c1ccccc1F. The maximum Gasteiger partial charge on any atom is 0.126 e. The lowest BCUT2D eigenvalue weighted by Crippen LogP contribution is -2.07. The highest BCUT2D eigenvalue weighted by atomic mass is 79.9. The van der Waals surface area contributed by atoms with Crippen LogP contribution in [0.3, 0.4) is 0 Å². The van der Waals surface area contributed by atoms with E-state index >= 15 is 0 Å². The van der Waals surface area contributed by atoms with Crippen LogP contribution >= 0.6 is 15.9 Å². The Morgan fingerprint density at radius 1 is 1.31 bits per heavy atom. The van der Waals surface area contributed by atoms with Crippen LogP contribution in [0.1, 0.15) is 31.2 Å². The normalized spacial score (nSPS) is 12.7. The van der Waals surface area contributed by atoms with Crippen LogP contribution in [-0.2, 0) is 4.74 Å². The van der Waals surface area contributed by atoms with E-state index in [9.17, 15) is 4.39 Å². The molecule has 1 unspecified atom stereocenters. The van der Waals surface area contributed by atoms with Gasteiger partial charge in [0.2, 0.25) is 0 Å². The first-order valence-corrected chi connectivity index (χ1v) is 6.79. The van der Waals surface area contributed by atoms with Crippen molar-refractivity contribution in [3.63, 3.8) is 0 Å². The Labute approximate surface area is 105 Å². The van der Waals surface area contributed by atoms with E-state index in [1.165, 1.54) is 6.07 Å². The molecule has 1 aromatic rings. The molecule has 0 aliphatic rings. The molecule has 0 radical (unpaired) electrons. The first-order valence-electron chi connectivity index (χ1n) is 5.67. The molecule has 3 heteroatoms. The van der Waals surface area contributed by atoms with E-state index < -0.39 is 0 Å². The summed E-state index contributed by atoms with van der Waals surface area (Å²) in [6.45, 7) is 3.56. The summed E-state index contributed by atoms with van der Waals surface area (Å²) in [7, 11) is 0. The van der Waals surface area contributed by atoms with E-state index in [1.807, 2.05) is 12.1 Å². The predicted molar refractivity (Wildman–Crippen MR) is 68.7 cm³/mol. The van der Waals surface area contributed by atoms with Gasteiger partial charge in [-0.05, 0) is 30.4 Å². The van der Waals surface area contributed by atoms with Crippen LogP contribution in [0.15, 0.2) is 24.3 Å². The van der Waals surface area contributed by atoms with Gasteiger partial charge in [0.25, 0.3) is 0 Å². The Hall–Kier alpha value is -0.410. The van der Waals surface area contributed by atoms with E-state index in [1.54, 1.807) is 6.07 Å². The lowest BCUT2D eigenvalue weighted by molar-refractivity contribution is 0.128. The average Bonchev–Trinajstić information content (AvgIpc) is 2.31. The molecule has 1 rings (SSSR count). The van der Waals surface area contributed by atoms with Crippen molar-refractivity contribution in [2.24, 2.45) is 0 Å². The van der Waals surface area contributed by atoms with E-state index in [0.717, 1.165) is 30.3 Å². The second-order valence-corrected chi connectivity index (χ2v) is 4.42. The second kappa shape index (κ2) is 7.80. The average molecular weight is 289 g/mol. The van der Waals surface area contributed by atoms with Crippen molar-refractivity contribution in [2.45, 2.75) is 25.7 Å². The van der Waals surface area contributed by atoms with Gasteiger partial charge in [0.05, 0.1) is 0 Å². The maximum atomic E-state index is 13.5. The van der Waals surface area contributed by atoms with Gasteiger partial charge in [-0.15, -0.1) is 0 Å². The molecule has 1 atom stereocenters. The van der Waals surface area contributed by atoms with Crippen LogP contribution in [0.5, 0.6) is 0 Å². The fourth-order valence-electron chi connectivity index (χ4n) is 1.59. The molecule has 0 amide bonds. The topological polar surface area (TPSA) is 9.23 Å². The zero-order chi connectivity index (χ0) is 11.8. The van der Waals surface area contributed by atoms with Crippen LogP contribution in [-0.4, -0.2) is 18.5 Å². The molecule has 0 saturated carbocycles. The molecule has 0 spiro atoms. The van der Waals surface area contributed by atoms with Gasteiger partial charge in [0.15, 0.2) is 0 Å². The first kappa shape index (κ1) is 13.7. The van der Waals surface area contributed by atoms with Crippen molar-refractivity contribution in [2.75, 3.05) is 18.5 Å². The van der Waals surface area contributed by atoms with Crippen LogP contribution in [0.2, 0.25) is 0 Å². The van der Waals surface area contributed by atoms with E-state index in [4.69, 9.17) is 4.74 Å². The van der Waals surface area contributed by atoms with Crippen molar-refractivity contribution in [1.29, 1.82) is 0 Å². The number of rotatable bonds is 7. The summed E-state index contributed by atoms with van der Waals surface area (Å²) in [6, 6.07) is 6.96. The Bertz CT molecular complexity index is 304. The lowest BCUT2D eigenvalue weighted by atomic mass is 9.98. The minimum atomic E-state index is -0.123. The Kier molecular flexibility index (Phi) is 6.65. The number of hydrogen-bond donors (Lipinski definition) is 0. The zero-order valence-corrected chi connectivity index (χ0v) is 11.2. The second-order valence-electron chi connectivity index (χ2n) is 3.77. The highest BCUT2D eigenvalue weighted by molar-refractivity contribution is 9.09. The van der Waals surface area contributed by atoms with Crippen molar-refractivity contribution in [1.82, 2.24) is 0 Å². The maximum absolute atomic E-state index is 13.5. The summed E-state index contributed by atoms with van der Waals surface area (Å²) in [5.41, 5.74) is 0.777. The molecule has 0 fully saturated rings. The number of ether oxygens (including phenoxy) is 1. The first-order chi connectivity index (χ1) is 7.79. The van der Waals surface area contributed by atoms with E-state index in [-0.39, 0.29) is 11.7 Å². The summed E-state index contributed by atoms with van der Waals surface area (Å²) in [4.78, 5) is 0. The molecule has 1 aromatic carbocycles. The van der Waals surface area contributed by atoms with Crippen LogP contribution < -0.4 is 0 Å². The molecule has 16 heavy (non-hydrogen) atoms. The fourth-order valence-corrected chi connectivity index (χ4v) is 2.27. The van der Waals surface area contributed by atoms with Crippen LogP contribution in [0.25, 0.3) is 0 Å². The summed E-state index contributed by atoms with van der Waals surface area (Å²) >= 11 is 3.43. The van der Waals surface area contributed by atoms with Gasteiger partial charge in [-0.25, -0.2) is 4.39 Å². The molecule has 90 valence electrons. The molecule has 1 nitrogen and oxygen atoms in total. The predicted octanol–water partition coefficient (Wildman–Crippen LogP) is 4.12. The van der Waals surface area contributed by atoms with Crippen molar-refractivity contribution in [3.05, 3.63) is 35.6 Å². The Morgan fingerprint density at radius 2 is 2.06 bits per heavy atom. The minimum Gasteiger partial charge on any atom is -0.381 e. The van der Waals surface area contributed by atoms with Gasteiger partial charge >= 0.3 is 0 Å². The third-order valence-corrected chi connectivity index (χ3v) is 3.27. The van der Waals surface area contributed by atoms with Crippen molar-refractivity contribution >= 4 is 15.9 Å². The van der Waals surface area contributed by atoms with Gasteiger partial charge in [-0.1, -0.05) is 41.1 Å². The third kappa shape index (κ3) is 4.22. The molecular formula is C13H18BrFO. The third-order valence-electron chi connectivity index (χ3n) is 2.49.